The van der Waals surface area contributed by atoms with Gasteiger partial charge in [0, 0.05) is 42.4 Å². The Labute approximate surface area is 174 Å². The highest BCUT2D eigenvalue weighted by molar-refractivity contribution is 7.09. The fourth-order valence-electron chi connectivity index (χ4n) is 2.36. The zero-order valence-corrected chi connectivity index (χ0v) is 17.8. The third-order valence-electron chi connectivity index (χ3n) is 3.88. The molecular weight excluding hydrogens is 400 g/mol. The smallest absolute Gasteiger partial charge is 0.322 e. The predicted molar refractivity (Wildman–Crippen MR) is 112 cm³/mol. The van der Waals surface area contributed by atoms with Crippen molar-refractivity contribution < 1.29 is 14.3 Å². The Kier molecular flexibility index (Phi) is 8.69. The van der Waals surface area contributed by atoms with E-state index in [-0.39, 0.29) is 18.0 Å². The summed E-state index contributed by atoms with van der Waals surface area (Å²) in [4.78, 5) is 30.8. The summed E-state index contributed by atoms with van der Waals surface area (Å²) in [5.41, 5.74) is 1.02. The average molecular weight is 425 g/mol. The van der Waals surface area contributed by atoms with Crippen molar-refractivity contribution in [2.75, 3.05) is 25.6 Å². The fraction of sp³-hybridized carbons (Fsp3) is 0.421. The number of ether oxygens (including phenoxy) is 1. The van der Waals surface area contributed by atoms with Crippen molar-refractivity contribution in [3.63, 3.8) is 0 Å². The molecule has 0 aliphatic heterocycles. The molecular formula is C19H25ClN4O3S. The molecule has 0 aliphatic carbocycles. The number of benzene rings is 1. The summed E-state index contributed by atoms with van der Waals surface area (Å²) in [7, 11) is 1.62. The molecule has 0 aliphatic rings. The van der Waals surface area contributed by atoms with E-state index in [2.05, 4.69) is 15.6 Å². The number of nitrogens with one attached hydrogen (secondary N) is 2. The van der Waals surface area contributed by atoms with Crippen LogP contribution >= 0.6 is 22.9 Å². The standard InChI is InChI=1S/C19H25ClN4O3S/c1-13(2)24(19(26)22-15-7-5-14(20)6-8-15)11-17-23-16(12-28-17)18(25)21-9-4-10-27-3/h5-8,12-13H,4,9-11H2,1-3H3,(H,21,25)(H,22,26). The molecule has 0 radical (unpaired) electrons. The molecule has 7 nitrogen and oxygen atoms in total. The van der Waals surface area contributed by atoms with Gasteiger partial charge in [-0.3, -0.25) is 4.79 Å². The van der Waals surface area contributed by atoms with Gasteiger partial charge in [-0.05, 0) is 44.5 Å². The minimum atomic E-state index is -0.238. The first-order valence-electron chi connectivity index (χ1n) is 8.95. The summed E-state index contributed by atoms with van der Waals surface area (Å²) in [5, 5.41) is 8.67. The molecule has 2 rings (SSSR count). The van der Waals surface area contributed by atoms with Crippen LogP contribution in [0.3, 0.4) is 0 Å². The number of hydrogen-bond acceptors (Lipinski definition) is 5. The van der Waals surface area contributed by atoms with Crippen molar-refractivity contribution in [2.24, 2.45) is 0 Å². The summed E-state index contributed by atoms with van der Waals surface area (Å²) in [5.74, 6) is -0.222. The second-order valence-corrected chi connectivity index (χ2v) is 7.77. The van der Waals surface area contributed by atoms with Crippen LogP contribution in [0.2, 0.25) is 5.02 Å². The van der Waals surface area contributed by atoms with E-state index in [0.717, 1.165) is 6.42 Å². The van der Waals surface area contributed by atoms with Crippen molar-refractivity contribution >= 4 is 40.6 Å². The Morgan fingerprint density at radius 3 is 2.64 bits per heavy atom. The second kappa shape index (κ2) is 11.0. The Balaban J connectivity index is 1.96. The molecule has 1 heterocycles. The monoisotopic (exact) mass is 424 g/mol. The number of rotatable bonds is 9. The van der Waals surface area contributed by atoms with Gasteiger partial charge in [-0.2, -0.15) is 0 Å². The van der Waals surface area contributed by atoms with Crippen molar-refractivity contribution in [3.8, 4) is 0 Å². The fourth-order valence-corrected chi connectivity index (χ4v) is 3.26. The van der Waals surface area contributed by atoms with Crippen LogP contribution in [-0.2, 0) is 11.3 Å². The Morgan fingerprint density at radius 2 is 2.00 bits per heavy atom. The van der Waals surface area contributed by atoms with Gasteiger partial charge in [-0.1, -0.05) is 11.6 Å². The maximum atomic E-state index is 12.7. The SMILES string of the molecule is COCCCNC(=O)c1csc(CN(C(=O)Nc2ccc(Cl)cc2)C(C)C)n1. The van der Waals surface area contributed by atoms with E-state index in [1.165, 1.54) is 11.3 Å². The second-order valence-electron chi connectivity index (χ2n) is 6.39. The van der Waals surface area contributed by atoms with Crippen molar-refractivity contribution in [1.82, 2.24) is 15.2 Å². The lowest BCUT2D eigenvalue weighted by Gasteiger charge is -2.26. The number of carbonyl (C=O) groups is 2. The summed E-state index contributed by atoms with van der Waals surface area (Å²) < 4.78 is 4.96. The zero-order chi connectivity index (χ0) is 20.5. The first-order chi connectivity index (χ1) is 13.4. The van der Waals surface area contributed by atoms with Crippen LogP contribution in [0.15, 0.2) is 29.6 Å². The maximum Gasteiger partial charge on any atom is 0.322 e. The van der Waals surface area contributed by atoms with E-state index in [1.54, 1.807) is 41.7 Å². The quantitative estimate of drug-likeness (QED) is 0.596. The number of amides is 3. The Morgan fingerprint density at radius 1 is 1.29 bits per heavy atom. The number of aromatic nitrogens is 1. The average Bonchev–Trinajstić information content (AvgIpc) is 3.13. The molecule has 2 N–H and O–H groups in total. The van der Waals surface area contributed by atoms with E-state index >= 15 is 0 Å². The number of halogens is 1. The number of hydrogen-bond donors (Lipinski definition) is 2. The molecule has 0 unspecified atom stereocenters. The maximum absolute atomic E-state index is 12.7. The van der Waals surface area contributed by atoms with Crippen molar-refractivity contribution in [1.29, 1.82) is 0 Å². The van der Waals surface area contributed by atoms with Crippen LogP contribution in [-0.4, -0.2) is 48.1 Å². The first kappa shape index (κ1) is 22.1. The number of urea groups is 1. The summed E-state index contributed by atoms with van der Waals surface area (Å²) in [6, 6.07) is 6.65. The molecule has 0 spiro atoms. The van der Waals surface area contributed by atoms with Crippen molar-refractivity contribution in [2.45, 2.75) is 32.9 Å². The molecule has 28 heavy (non-hydrogen) atoms. The normalized spacial score (nSPS) is 10.8. The lowest BCUT2D eigenvalue weighted by atomic mass is 10.3. The number of thiazole rings is 1. The van der Waals surface area contributed by atoms with Gasteiger partial charge < -0.3 is 20.3 Å². The van der Waals surface area contributed by atoms with Gasteiger partial charge in [0.2, 0.25) is 0 Å². The van der Waals surface area contributed by atoms with Gasteiger partial charge in [0.15, 0.2) is 0 Å². The highest BCUT2D eigenvalue weighted by atomic mass is 35.5. The van der Waals surface area contributed by atoms with Gasteiger partial charge in [-0.25, -0.2) is 9.78 Å². The number of methoxy groups -OCH3 is 1. The Bertz CT molecular complexity index is 780. The number of nitrogens with zero attached hydrogens (tertiary/aromatic N) is 2. The predicted octanol–water partition coefficient (Wildman–Crippen LogP) is 4.01. The first-order valence-corrected chi connectivity index (χ1v) is 10.2. The highest BCUT2D eigenvalue weighted by Crippen LogP contribution is 2.17. The molecule has 9 heteroatoms. The third kappa shape index (κ3) is 6.78. The third-order valence-corrected chi connectivity index (χ3v) is 4.97. The van der Waals surface area contributed by atoms with Gasteiger partial charge in [-0.15, -0.1) is 11.3 Å². The van der Waals surface area contributed by atoms with Crippen LogP contribution in [0.5, 0.6) is 0 Å². The van der Waals surface area contributed by atoms with E-state index in [1.807, 2.05) is 13.8 Å². The van der Waals surface area contributed by atoms with E-state index < -0.39 is 0 Å². The largest absolute Gasteiger partial charge is 0.385 e. The molecule has 2 aromatic rings. The van der Waals surface area contributed by atoms with E-state index in [4.69, 9.17) is 16.3 Å². The van der Waals surface area contributed by atoms with Crippen LogP contribution < -0.4 is 10.6 Å². The molecule has 0 fully saturated rings. The molecule has 0 saturated heterocycles. The summed E-state index contributed by atoms with van der Waals surface area (Å²) in [6.45, 7) is 5.30. The molecule has 1 aromatic heterocycles. The van der Waals surface area contributed by atoms with E-state index in [0.29, 0.717) is 41.1 Å². The number of anilines is 1. The summed E-state index contributed by atoms with van der Waals surface area (Å²) >= 11 is 7.23. The van der Waals surface area contributed by atoms with Crippen LogP contribution in [0.4, 0.5) is 10.5 Å². The molecule has 1 aromatic carbocycles. The molecule has 152 valence electrons. The van der Waals surface area contributed by atoms with Gasteiger partial charge in [0.1, 0.15) is 10.7 Å². The van der Waals surface area contributed by atoms with Crippen molar-refractivity contribution in [3.05, 3.63) is 45.4 Å². The molecule has 0 saturated carbocycles. The number of carbonyl (C=O) groups excluding carboxylic acids is 2. The highest BCUT2D eigenvalue weighted by Gasteiger charge is 2.20. The minimum absolute atomic E-state index is 0.0393. The molecule has 0 bridgehead atoms. The van der Waals surface area contributed by atoms with Gasteiger partial charge >= 0.3 is 6.03 Å². The molecule has 3 amide bonds. The van der Waals surface area contributed by atoms with Crippen LogP contribution in [0.25, 0.3) is 0 Å². The van der Waals surface area contributed by atoms with E-state index in [9.17, 15) is 9.59 Å². The molecule has 0 atom stereocenters. The van der Waals surface area contributed by atoms with Crippen LogP contribution in [0, 0.1) is 0 Å². The lowest BCUT2D eigenvalue weighted by molar-refractivity contribution is 0.0944. The van der Waals surface area contributed by atoms with Crippen LogP contribution in [0.1, 0.15) is 35.8 Å². The zero-order valence-electron chi connectivity index (χ0n) is 16.2. The van der Waals surface area contributed by atoms with Gasteiger partial charge in [0.25, 0.3) is 5.91 Å². The summed E-state index contributed by atoms with van der Waals surface area (Å²) in [6.07, 6.45) is 0.741. The lowest BCUT2D eigenvalue weighted by Crippen LogP contribution is -2.39. The van der Waals surface area contributed by atoms with Gasteiger partial charge in [0.05, 0.1) is 6.54 Å². The minimum Gasteiger partial charge on any atom is -0.385 e. The topological polar surface area (TPSA) is 83.6 Å². The Hall–Kier alpha value is -2.16.